The molecule has 35 heavy (non-hydrogen) atoms. The average Bonchev–Trinajstić information content (AvgIpc) is 2.74. The number of methoxy groups -OCH3 is 1. The molecule has 0 amide bonds. The summed E-state index contributed by atoms with van der Waals surface area (Å²) in [5.74, 6) is 0. The zero-order valence-corrected chi connectivity index (χ0v) is 31.8. The van der Waals surface area contributed by atoms with Crippen LogP contribution in [0.2, 0.25) is 23.2 Å². The van der Waals surface area contributed by atoms with Crippen molar-refractivity contribution < 1.29 is 53.7 Å². The van der Waals surface area contributed by atoms with Gasteiger partial charge in [0.15, 0.2) is 8.32 Å². The quantitative estimate of drug-likeness (QED) is 0.354. The minimum atomic E-state index is -2.60. The van der Waals surface area contributed by atoms with Gasteiger partial charge in [0.2, 0.25) is 0 Å². The Morgan fingerprint density at radius 3 is 1.57 bits per heavy atom. The van der Waals surface area contributed by atoms with Gasteiger partial charge in [0, 0.05) is 19.6 Å². The van der Waals surface area contributed by atoms with Gasteiger partial charge in [-0.05, 0) is 40.5 Å². The molecule has 0 saturated carbocycles. The Morgan fingerprint density at radius 2 is 1.23 bits per heavy atom. The van der Waals surface area contributed by atoms with Crippen LogP contribution in [0.25, 0.3) is 0 Å². The molecule has 0 N–H and O–H groups in total. The van der Waals surface area contributed by atoms with Crippen LogP contribution < -0.4 is 22.8 Å². The number of rotatable bonds is 10. The summed E-state index contributed by atoms with van der Waals surface area (Å²) in [5.41, 5.74) is 0. The molecule has 7 heteroatoms. The Morgan fingerprint density at radius 1 is 0.800 bits per heavy atom. The molecule has 3 nitrogen and oxygen atoms in total. The topological polar surface area (TPSA) is 27.7 Å². The third-order valence-electron chi connectivity index (χ3n) is 6.98. The van der Waals surface area contributed by atoms with Gasteiger partial charge in [0.1, 0.15) is 0 Å². The van der Waals surface area contributed by atoms with E-state index in [1.165, 1.54) is 10.4 Å². The van der Waals surface area contributed by atoms with E-state index in [1.54, 1.807) is 7.11 Å². The molecule has 0 heterocycles. The van der Waals surface area contributed by atoms with Crippen LogP contribution in [0, 0.1) is 6.42 Å². The van der Waals surface area contributed by atoms with Gasteiger partial charge in [0.05, 0.1) is 12.7 Å². The van der Waals surface area contributed by atoms with Crippen LogP contribution in [-0.4, -0.2) is 42.6 Å². The standard InChI is InChI=1S/C28H45O3Si2.ClH.Hg/c1-23(21-24(29-8)22-30-32(9,10)27(2,3)4)31-33(28(5,6)7,25-17-13-11-14-18-25)26-19-15-12-16-20-26;;/h11-21,23-24H,22H2,1-10H3;1H;/q;;+1/p-1/t23-,24+;;/m0../s1. The van der Waals surface area contributed by atoms with E-state index >= 15 is 0 Å². The van der Waals surface area contributed by atoms with Gasteiger partial charge in [0.25, 0.3) is 8.32 Å². The normalized spacial score (nSPS) is 14.5. The molecule has 0 spiro atoms. The maximum absolute atomic E-state index is 7.17. The van der Waals surface area contributed by atoms with E-state index < -0.39 is 16.6 Å². The van der Waals surface area contributed by atoms with Crippen molar-refractivity contribution in [2.24, 2.45) is 0 Å². The zero-order chi connectivity index (χ0) is 24.9. The fourth-order valence-corrected chi connectivity index (χ4v) is 9.69. The molecule has 0 aliphatic rings. The summed E-state index contributed by atoms with van der Waals surface area (Å²) in [6, 6.07) is 21.5. The second kappa shape index (κ2) is 14.2. The van der Waals surface area contributed by atoms with E-state index in [2.05, 4.69) is 129 Å². The van der Waals surface area contributed by atoms with Crippen molar-refractivity contribution in [1.82, 2.24) is 0 Å². The Labute approximate surface area is 243 Å². The maximum atomic E-state index is 7.17. The number of hydrogen-bond acceptors (Lipinski definition) is 3. The summed E-state index contributed by atoms with van der Waals surface area (Å²) < 4.78 is 19.4. The molecule has 192 valence electrons. The van der Waals surface area contributed by atoms with Gasteiger partial charge in [-0.2, -0.15) is 0 Å². The van der Waals surface area contributed by atoms with E-state index in [0.29, 0.717) is 6.61 Å². The molecule has 0 aliphatic carbocycles. The first kappa shape index (κ1) is 35.0. The third kappa shape index (κ3) is 8.76. The zero-order valence-electron chi connectivity index (χ0n) is 23.5. The summed E-state index contributed by atoms with van der Waals surface area (Å²) in [4.78, 5) is 0. The van der Waals surface area contributed by atoms with Crippen LogP contribution in [0.15, 0.2) is 60.7 Å². The molecule has 0 fully saturated rings. The fraction of sp³-hybridized carbons (Fsp3) is 0.536. The predicted octanol–water partition coefficient (Wildman–Crippen LogP) is 3.19. The van der Waals surface area contributed by atoms with Crippen LogP contribution in [0.5, 0.6) is 0 Å². The molecular weight excluding hydrogens is 677 g/mol. The average molecular weight is 722 g/mol. The Bertz CT molecular complexity index is 813. The van der Waals surface area contributed by atoms with Crippen LogP contribution in [0.4, 0.5) is 0 Å². The van der Waals surface area contributed by atoms with Crippen molar-refractivity contribution in [3.63, 3.8) is 0 Å². The largest absolute Gasteiger partial charge is 1.00 e. The molecule has 0 aromatic heterocycles. The summed E-state index contributed by atoms with van der Waals surface area (Å²) in [7, 11) is -2.69. The molecule has 2 atom stereocenters. The maximum Gasteiger partial charge on any atom is 1.00 e. The van der Waals surface area contributed by atoms with E-state index in [1.807, 2.05) is 0 Å². The minimum absolute atomic E-state index is 0. The predicted molar refractivity (Wildman–Crippen MR) is 146 cm³/mol. The SMILES string of the molecule is CO[C@H]([CH][C@H](C)O[Si](c1ccccc1)(c1ccccc1)C(C)(C)C)CO[Si](C)(C)C(C)(C)C.[Cl-].[Hg+]. The van der Waals surface area contributed by atoms with Gasteiger partial charge < -0.3 is 26.0 Å². The first-order valence-corrected chi connectivity index (χ1v) is 16.9. The van der Waals surface area contributed by atoms with Crippen LogP contribution in [0.1, 0.15) is 48.5 Å². The van der Waals surface area contributed by atoms with Crippen LogP contribution >= 0.6 is 0 Å². The van der Waals surface area contributed by atoms with Gasteiger partial charge in [-0.1, -0.05) is 102 Å². The molecular formula is C28H45ClHgO3Si2. The van der Waals surface area contributed by atoms with Crippen LogP contribution in [0.3, 0.4) is 0 Å². The Kier molecular flexibility index (Phi) is 14.2. The van der Waals surface area contributed by atoms with Crippen molar-refractivity contribution in [2.75, 3.05) is 13.7 Å². The number of halogens is 1. The van der Waals surface area contributed by atoms with Crippen LogP contribution in [-0.2, 0) is 41.3 Å². The summed E-state index contributed by atoms with van der Waals surface area (Å²) in [6.45, 7) is 21.0. The first-order chi connectivity index (χ1) is 15.2. The molecule has 2 radical (unpaired) electrons. The third-order valence-corrected chi connectivity index (χ3v) is 16.6. The monoisotopic (exact) mass is 722 g/mol. The Balaban J connectivity index is 0.00000578. The van der Waals surface area contributed by atoms with Crippen molar-refractivity contribution in [2.45, 2.75) is 83.8 Å². The van der Waals surface area contributed by atoms with Crippen molar-refractivity contribution in [1.29, 1.82) is 0 Å². The number of ether oxygens (including phenoxy) is 1. The van der Waals surface area contributed by atoms with Crippen molar-refractivity contribution >= 4 is 27.0 Å². The second-order valence-corrected chi connectivity index (χ2v) is 20.6. The number of hydrogen-bond donors (Lipinski definition) is 0. The fourth-order valence-electron chi connectivity index (χ4n) is 4.02. The molecule has 2 aromatic carbocycles. The number of benzene rings is 2. The van der Waals surface area contributed by atoms with E-state index in [4.69, 9.17) is 13.6 Å². The smallest absolute Gasteiger partial charge is 1.00 e. The molecule has 0 unspecified atom stereocenters. The summed E-state index contributed by atoms with van der Waals surface area (Å²) >= 11 is 0. The molecule has 0 saturated heterocycles. The minimum Gasteiger partial charge on any atom is -1.00 e. The first-order valence-electron chi connectivity index (χ1n) is 12.1. The van der Waals surface area contributed by atoms with Crippen molar-refractivity contribution in [3.8, 4) is 0 Å². The van der Waals surface area contributed by atoms with E-state index in [-0.39, 0.29) is 62.4 Å². The van der Waals surface area contributed by atoms with Crippen molar-refractivity contribution in [3.05, 3.63) is 67.1 Å². The second-order valence-electron chi connectivity index (χ2n) is 11.5. The van der Waals surface area contributed by atoms with E-state index in [9.17, 15) is 0 Å². The summed E-state index contributed by atoms with van der Waals surface area (Å²) in [5, 5.41) is 2.69. The molecule has 2 rings (SSSR count). The van der Waals surface area contributed by atoms with Gasteiger partial charge in [-0.3, -0.25) is 0 Å². The summed E-state index contributed by atoms with van der Waals surface area (Å²) in [6.07, 6.45) is 1.96. The Hall–Kier alpha value is -0.0212. The van der Waals surface area contributed by atoms with Gasteiger partial charge in [-0.25, -0.2) is 0 Å². The molecule has 0 aliphatic heterocycles. The van der Waals surface area contributed by atoms with Gasteiger partial charge >= 0.3 is 27.7 Å². The molecule has 2 aromatic rings. The molecule has 0 bridgehead atoms. The van der Waals surface area contributed by atoms with E-state index in [0.717, 1.165) is 0 Å². The van der Waals surface area contributed by atoms with Gasteiger partial charge in [-0.15, -0.1) is 0 Å².